The van der Waals surface area contributed by atoms with Gasteiger partial charge in [-0.2, -0.15) is 5.10 Å². The second kappa shape index (κ2) is 7.83. The van der Waals surface area contributed by atoms with Crippen molar-refractivity contribution < 1.29 is 0 Å². The van der Waals surface area contributed by atoms with E-state index in [0.717, 1.165) is 19.0 Å². The topological polar surface area (TPSA) is 33.1 Å². The molecule has 0 aliphatic carbocycles. The molecular weight excluding hydrogens is 260 g/mol. The van der Waals surface area contributed by atoms with Gasteiger partial charge in [-0.25, -0.2) is 0 Å². The number of aryl methyl sites for hydroxylation is 2. The Morgan fingerprint density at radius 3 is 2.76 bits per heavy atom. The van der Waals surface area contributed by atoms with E-state index in [1.165, 1.54) is 62.3 Å². The second-order valence-electron chi connectivity index (χ2n) is 6.36. The molecule has 0 radical (unpaired) electrons. The van der Waals surface area contributed by atoms with Crippen molar-refractivity contribution in [2.45, 2.75) is 59.4 Å². The van der Waals surface area contributed by atoms with Crippen LogP contribution in [0.5, 0.6) is 0 Å². The van der Waals surface area contributed by atoms with Crippen LogP contribution in [0.4, 0.5) is 5.82 Å². The first-order valence-corrected chi connectivity index (χ1v) is 8.65. The Labute approximate surface area is 129 Å². The van der Waals surface area contributed by atoms with E-state index in [1.807, 2.05) is 0 Å². The Balaban J connectivity index is 2.13. The van der Waals surface area contributed by atoms with Gasteiger partial charge in [0, 0.05) is 32.2 Å². The predicted octanol–water partition coefficient (Wildman–Crippen LogP) is 3.24. The summed E-state index contributed by atoms with van der Waals surface area (Å²) >= 11 is 0. The standard InChI is InChI=1S/C17H32N4/c1-5-8-15-9-7-11-21(12-10-15)17-16(13-18-6-2)14(3)19-20(17)4/h15,18H,5-13H2,1-4H3. The smallest absolute Gasteiger partial charge is 0.131 e. The molecule has 1 aromatic heterocycles. The molecule has 1 fully saturated rings. The fraction of sp³-hybridized carbons (Fsp3) is 0.824. The summed E-state index contributed by atoms with van der Waals surface area (Å²) in [6.07, 6.45) is 6.75. The maximum absolute atomic E-state index is 4.66. The number of nitrogens with zero attached hydrogens (tertiary/aromatic N) is 3. The third kappa shape index (κ3) is 4.00. The Morgan fingerprint density at radius 1 is 1.24 bits per heavy atom. The summed E-state index contributed by atoms with van der Waals surface area (Å²) in [6.45, 7) is 10.9. The highest BCUT2D eigenvalue weighted by molar-refractivity contribution is 5.50. The van der Waals surface area contributed by atoms with Crippen LogP contribution in [-0.2, 0) is 13.6 Å². The van der Waals surface area contributed by atoms with E-state index in [2.05, 4.69) is 47.8 Å². The normalized spacial score (nSPS) is 19.8. The summed E-state index contributed by atoms with van der Waals surface area (Å²) in [4.78, 5) is 2.57. The van der Waals surface area contributed by atoms with Crippen molar-refractivity contribution in [3.63, 3.8) is 0 Å². The number of aromatic nitrogens is 2. The fourth-order valence-electron chi connectivity index (χ4n) is 3.62. The SMILES string of the molecule is CCCC1CCCN(c2c(CNCC)c(C)nn2C)CC1. The molecule has 21 heavy (non-hydrogen) atoms. The van der Waals surface area contributed by atoms with E-state index in [4.69, 9.17) is 0 Å². The van der Waals surface area contributed by atoms with Crippen LogP contribution in [-0.4, -0.2) is 29.4 Å². The molecule has 1 aliphatic heterocycles. The zero-order valence-electron chi connectivity index (χ0n) is 14.3. The molecule has 0 spiro atoms. The summed E-state index contributed by atoms with van der Waals surface area (Å²) in [7, 11) is 2.09. The van der Waals surface area contributed by atoms with Crippen LogP contribution < -0.4 is 10.2 Å². The van der Waals surface area contributed by atoms with Gasteiger partial charge in [-0.3, -0.25) is 4.68 Å². The third-order valence-electron chi connectivity index (χ3n) is 4.71. The molecule has 0 saturated carbocycles. The highest BCUT2D eigenvalue weighted by atomic mass is 15.4. The van der Waals surface area contributed by atoms with Crippen molar-refractivity contribution in [1.82, 2.24) is 15.1 Å². The minimum absolute atomic E-state index is 0.923. The van der Waals surface area contributed by atoms with Crippen molar-refractivity contribution in [3.05, 3.63) is 11.3 Å². The fourth-order valence-corrected chi connectivity index (χ4v) is 3.62. The van der Waals surface area contributed by atoms with Crippen LogP contribution in [0.15, 0.2) is 0 Å². The number of nitrogens with one attached hydrogen (secondary N) is 1. The van der Waals surface area contributed by atoms with Gasteiger partial charge in [0.05, 0.1) is 5.69 Å². The lowest BCUT2D eigenvalue weighted by molar-refractivity contribution is 0.435. The van der Waals surface area contributed by atoms with Crippen LogP contribution in [0, 0.1) is 12.8 Å². The maximum Gasteiger partial charge on any atom is 0.131 e. The molecule has 4 nitrogen and oxygen atoms in total. The average molecular weight is 292 g/mol. The van der Waals surface area contributed by atoms with Gasteiger partial charge in [0.1, 0.15) is 5.82 Å². The Kier molecular flexibility index (Phi) is 6.09. The summed E-state index contributed by atoms with van der Waals surface area (Å²) in [6, 6.07) is 0. The number of hydrogen-bond donors (Lipinski definition) is 1. The maximum atomic E-state index is 4.66. The molecule has 2 heterocycles. The van der Waals surface area contributed by atoms with Crippen LogP contribution >= 0.6 is 0 Å². The molecule has 1 unspecified atom stereocenters. The van der Waals surface area contributed by atoms with Crippen LogP contribution in [0.3, 0.4) is 0 Å². The van der Waals surface area contributed by atoms with Gasteiger partial charge in [-0.05, 0) is 38.6 Å². The zero-order chi connectivity index (χ0) is 15.2. The summed E-state index contributed by atoms with van der Waals surface area (Å²) in [5.74, 6) is 2.26. The molecular formula is C17H32N4. The molecule has 1 aliphatic rings. The lowest BCUT2D eigenvalue weighted by Crippen LogP contribution is -2.28. The van der Waals surface area contributed by atoms with E-state index in [0.29, 0.717) is 0 Å². The first-order valence-electron chi connectivity index (χ1n) is 8.65. The quantitative estimate of drug-likeness (QED) is 0.874. The van der Waals surface area contributed by atoms with Crippen molar-refractivity contribution in [2.24, 2.45) is 13.0 Å². The van der Waals surface area contributed by atoms with E-state index in [9.17, 15) is 0 Å². The van der Waals surface area contributed by atoms with Crippen molar-refractivity contribution in [2.75, 3.05) is 24.5 Å². The monoisotopic (exact) mass is 292 g/mol. The van der Waals surface area contributed by atoms with E-state index in [1.54, 1.807) is 0 Å². The highest BCUT2D eigenvalue weighted by Gasteiger charge is 2.22. The second-order valence-corrected chi connectivity index (χ2v) is 6.36. The Morgan fingerprint density at radius 2 is 2.05 bits per heavy atom. The van der Waals surface area contributed by atoms with Crippen LogP contribution in [0.2, 0.25) is 0 Å². The van der Waals surface area contributed by atoms with Crippen molar-refractivity contribution in [3.8, 4) is 0 Å². The van der Waals surface area contributed by atoms with Crippen molar-refractivity contribution >= 4 is 5.82 Å². The predicted molar refractivity (Wildman–Crippen MR) is 89.8 cm³/mol. The molecule has 120 valence electrons. The van der Waals surface area contributed by atoms with Gasteiger partial charge in [-0.15, -0.1) is 0 Å². The molecule has 4 heteroatoms. The highest BCUT2D eigenvalue weighted by Crippen LogP contribution is 2.28. The number of rotatable bonds is 6. The Hall–Kier alpha value is -1.03. The minimum Gasteiger partial charge on any atom is -0.357 e. The zero-order valence-corrected chi connectivity index (χ0v) is 14.3. The Bertz CT molecular complexity index is 438. The van der Waals surface area contributed by atoms with Gasteiger partial charge in [0.15, 0.2) is 0 Å². The van der Waals surface area contributed by atoms with E-state index < -0.39 is 0 Å². The number of hydrogen-bond acceptors (Lipinski definition) is 3. The van der Waals surface area contributed by atoms with E-state index >= 15 is 0 Å². The molecule has 2 rings (SSSR count). The van der Waals surface area contributed by atoms with Crippen LogP contribution in [0.1, 0.15) is 57.2 Å². The van der Waals surface area contributed by atoms with Crippen LogP contribution in [0.25, 0.3) is 0 Å². The summed E-state index contributed by atoms with van der Waals surface area (Å²) in [5.41, 5.74) is 2.55. The van der Waals surface area contributed by atoms with Gasteiger partial charge < -0.3 is 10.2 Å². The molecule has 0 amide bonds. The minimum atomic E-state index is 0.923. The summed E-state index contributed by atoms with van der Waals surface area (Å²) in [5, 5.41) is 8.12. The third-order valence-corrected chi connectivity index (χ3v) is 4.71. The van der Waals surface area contributed by atoms with Gasteiger partial charge >= 0.3 is 0 Å². The lowest BCUT2D eigenvalue weighted by atomic mass is 9.96. The molecule has 1 atom stereocenters. The van der Waals surface area contributed by atoms with Gasteiger partial charge in [0.2, 0.25) is 0 Å². The molecule has 0 aromatic carbocycles. The van der Waals surface area contributed by atoms with Gasteiger partial charge in [0.25, 0.3) is 0 Å². The van der Waals surface area contributed by atoms with Gasteiger partial charge in [-0.1, -0.05) is 26.7 Å². The average Bonchev–Trinajstić information content (AvgIpc) is 2.64. The summed E-state index contributed by atoms with van der Waals surface area (Å²) < 4.78 is 2.09. The first kappa shape index (κ1) is 16.3. The molecule has 0 bridgehead atoms. The molecule has 1 saturated heterocycles. The first-order chi connectivity index (χ1) is 10.2. The molecule has 1 aromatic rings. The lowest BCUT2D eigenvalue weighted by Gasteiger charge is -2.24. The molecule has 1 N–H and O–H groups in total. The largest absolute Gasteiger partial charge is 0.357 e. The number of anilines is 1. The van der Waals surface area contributed by atoms with Crippen molar-refractivity contribution in [1.29, 1.82) is 0 Å². The van der Waals surface area contributed by atoms with E-state index in [-0.39, 0.29) is 0 Å².